The summed E-state index contributed by atoms with van der Waals surface area (Å²) in [5, 5.41) is 5.25. The number of aryl methyl sites for hydroxylation is 2. The van der Waals surface area contributed by atoms with E-state index in [9.17, 15) is 9.59 Å². The molecule has 0 aliphatic heterocycles. The number of ether oxygens (including phenoxy) is 1. The molecule has 0 spiro atoms. The van der Waals surface area contributed by atoms with Gasteiger partial charge in [0.05, 0.1) is 18.0 Å². The van der Waals surface area contributed by atoms with Gasteiger partial charge in [0.2, 0.25) is 5.91 Å². The van der Waals surface area contributed by atoms with Gasteiger partial charge < -0.3 is 15.4 Å². The number of nitrogens with one attached hydrogen (secondary N) is 2. The van der Waals surface area contributed by atoms with E-state index in [2.05, 4.69) is 17.6 Å². The summed E-state index contributed by atoms with van der Waals surface area (Å²) in [7, 11) is 1.57. The van der Waals surface area contributed by atoms with Crippen molar-refractivity contribution >= 4 is 23.2 Å². The third-order valence-electron chi connectivity index (χ3n) is 2.66. The van der Waals surface area contributed by atoms with E-state index >= 15 is 0 Å². The summed E-state index contributed by atoms with van der Waals surface area (Å²) in [6.45, 7) is 4.95. The third kappa shape index (κ3) is 5.00. The molecule has 0 aliphatic carbocycles. The maximum atomic E-state index is 11.9. The van der Waals surface area contributed by atoms with E-state index in [1.165, 1.54) is 16.9 Å². The Morgan fingerprint density at radius 2 is 2.11 bits per heavy atom. The molecule has 0 unspecified atom stereocenters. The average molecular weight is 284 g/mol. The molecule has 5 nitrogen and oxygen atoms in total. The van der Waals surface area contributed by atoms with Crippen LogP contribution in [0.5, 0.6) is 0 Å². The second kappa shape index (κ2) is 7.91. The topological polar surface area (TPSA) is 67.4 Å². The van der Waals surface area contributed by atoms with Crippen molar-refractivity contribution in [1.29, 1.82) is 0 Å². The third-order valence-corrected chi connectivity index (χ3v) is 3.75. The van der Waals surface area contributed by atoms with Crippen LogP contribution in [0.3, 0.4) is 0 Å². The molecule has 2 N–H and O–H groups in total. The first-order chi connectivity index (χ1) is 9.08. The molecule has 0 atom stereocenters. The number of carbonyl (C=O) groups excluding carboxylic acids is 2. The summed E-state index contributed by atoms with van der Waals surface area (Å²) in [5.41, 5.74) is 1.18. The zero-order valence-corrected chi connectivity index (χ0v) is 12.4. The van der Waals surface area contributed by atoms with E-state index in [0.717, 1.165) is 11.3 Å². The molecule has 19 heavy (non-hydrogen) atoms. The molecular formula is C13H20N2O3S. The molecule has 1 rings (SSSR count). The molecule has 0 aromatic carbocycles. The zero-order chi connectivity index (χ0) is 14.3. The molecule has 2 amide bonds. The minimum atomic E-state index is -0.214. The van der Waals surface area contributed by atoms with Crippen molar-refractivity contribution in [2.24, 2.45) is 0 Å². The average Bonchev–Trinajstić information content (AvgIpc) is 2.77. The number of thiophene rings is 1. The second-order valence-electron chi connectivity index (χ2n) is 4.07. The maximum absolute atomic E-state index is 11.9. The standard InChI is InChI=1S/C13H20N2O3S/c1-4-10-7-11(19-9(10)2)13(17)15-8-12(16)14-5-6-18-3/h7H,4-6,8H2,1-3H3,(H,14,16)(H,15,17). The van der Waals surface area contributed by atoms with Crippen LogP contribution in [0.1, 0.15) is 27.0 Å². The Kier molecular flexibility index (Phi) is 6.52. The largest absolute Gasteiger partial charge is 0.383 e. The van der Waals surface area contributed by atoms with Crippen LogP contribution < -0.4 is 10.6 Å². The first-order valence-corrected chi connectivity index (χ1v) is 7.03. The minimum absolute atomic E-state index is 0.0129. The molecule has 0 radical (unpaired) electrons. The fourth-order valence-electron chi connectivity index (χ4n) is 1.59. The lowest BCUT2D eigenvalue weighted by Gasteiger charge is -2.05. The molecule has 0 aliphatic rings. The van der Waals surface area contributed by atoms with Crippen molar-refractivity contribution in [2.75, 3.05) is 26.8 Å². The number of hydrogen-bond donors (Lipinski definition) is 2. The second-order valence-corrected chi connectivity index (χ2v) is 5.33. The van der Waals surface area contributed by atoms with E-state index in [-0.39, 0.29) is 18.4 Å². The summed E-state index contributed by atoms with van der Waals surface area (Å²) in [5.74, 6) is -0.413. The zero-order valence-electron chi connectivity index (χ0n) is 11.5. The predicted octanol–water partition coefficient (Wildman–Crippen LogP) is 1.11. The number of hydrogen-bond acceptors (Lipinski definition) is 4. The van der Waals surface area contributed by atoms with Crippen LogP contribution in [0.25, 0.3) is 0 Å². The van der Waals surface area contributed by atoms with Crippen LogP contribution in [-0.4, -0.2) is 38.6 Å². The van der Waals surface area contributed by atoms with Gasteiger partial charge in [-0.15, -0.1) is 11.3 Å². The van der Waals surface area contributed by atoms with Crippen LogP contribution in [0, 0.1) is 6.92 Å². The molecule has 6 heteroatoms. The number of rotatable bonds is 7. The maximum Gasteiger partial charge on any atom is 0.261 e. The molecule has 1 aromatic rings. The van der Waals surface area contributed by atoms with Gasteiger partial charge in [-0.2, -0.15) is 0 Å². The van der Waals surface area contributed by atoms with Crippen molar-refractivity contribution < 1.29 is 14.3 Å². The van der Waals surface area contributed by atoms with Gasteiger partial charge in [0.25, 0.3) is 5.91 Å². The highest BCUT2D eigenvalue weighted by Gasteiger charge is 2.12. The Bertz CT molecular complexity index is 443. The Morgan fingerprint density at radius 1 is 1.37 bits per heavy atom. The quantitative estimate of drug-likeness (QED) is 0.737. The monoisotopic (exact) mass is 284 g/mol. The summed E-state index contributed by atoms with van der Waals surface area (Å²) < 4.78 is 4.82. The van der Waals surface area contributed by atoms with Crippen molar-refractivity contribution in [3.05, 3.63) is 21.4 Å². The van der Waals surface area contributed by atoms with Gasteiger partial charge in [0.15, 0.2) is 0 Å². The molecule has 0 fully saturated rings. The molecule has 0 saturated carbocycles. The van der Waals surface area contributed by atoms with E-state index in [1.807, 2.05) is 13.0 Å². The fraction of sp³-hybridized carbons (Fsp3) is 0.538. The summed E-state index contributed by atoms with van der Waals surface area (Å²) in [6, 6.07) is 1.89. The van der Waals surface area contributed by atoms with Crippen molar-refractivity contribution in [1.82, 2.24) is 10.6 Å². The van der Waals surface area contributed by atoms with Crippen molar-refractivity contribution in [3.63, 3.8) is 0 Å². The van der Waals surface area contributed by atoms with Crippen molar-refractivity contribution in [2.45, 2.75) is 20.3 Å². The fourth-order valence-corrected chi connectivity index (χ4v) is 2.62. The predicted molar refractivity (Wildman–Crippen MR) is 75.7 cm³/mol. The van der Waals surface area contributed by atoms with Gasteiger partial charge >= 0.3 is 0 Å². The highest BCUT2D eigenvalue weighted by atomic mass is 32.1. The van der Waals surface area contributed by atoms with Gasteiger partial charge in [-0.25, -0.2) is 0 Å². The first kappa shape index (κ1) is 15.7. The Hall–Kier alpha value is -1.40. The molecular weight excluding hydrogens is 264 g/mol. The van der Waals surface area contributed by atoms with Gasteiger partial charge in [0, 0.05) is 18.5 Å². The van der Waals surface area contributed by atoms with Crippen LogP contribution in [0.4, 0.5) is 0 Å². The molecule has 0 bridgehead atoms. The van der Waals surface area contributed by atoms with E-state index < -0.39 is 0 Å². The highest BCUT2D eigenvalue weighted by molar-refractivity contribution is 7.14. The molecule has 0 saturated heterocycles. The van der Waals surface area contributed by atoms with Crippen LogP contribution in [-0.2, 0) is 16.0 Å². The Labute approximate surface area is 117 Å². The number of amides is 2. The molecule has 1 heterocycles. The van der Waals surface area contributed by atoms with Crippen molar-refractivity contribution in [3.8, 4) is 0 Å². The lowest BCUT2D eigenvalue weighted by Crippen LogP contribution is -2.37. The summed E-state index contributed by atoms with van der Waals surface area (Å²) in [4.78, 5) is 25.1. The van der Waals surface area contributed by atoms with E-state index in [4.69, 9.17) is 4.74 Å². The number of methoxy groups -OCH3 is 1. The van der Waals surface area contributed by atoms with E-state index in [1.54, 1.807) is 7.11 Å². The summed E-state index contributed by atoms with van der Waals surface area (Å²) in [6.07, 6.45) is 0.910. The first-order valence-electron chi connectivity index (χ1n) is 6.21. The Balaban J connectivity index is 2.40. The van der Waals surface area contributed by atoms with E-state index in [0.29, 0.717) is 18.0 Å². The lowest BCUT2D eigenvalue weighted by atomic mass is 10.2. The normalized spacial score (nSPS) is 10.3. The molecule has 1 aromatic heterocycles. The van der Waals surface area contributed by atoms with Gasteiger partial charge in [0.1, 0.15) is 0 Å². The smallest absolute Gasteiger partial charge is 0.261 e. The number of carbonyl (C=O) groups is 2. The highest BCUT2D eigenvalue weighted by Crippen LogP contribution is 2.21. The van der Waals surface area contributed by atoms with Crippen LogP contribution >= 0.6 is 11.3 Å². The van der Waals surface area contributed by atoms with Crippen LogP contribution in [0.15, 0.2) is 6.07 Å². The molecule has 106 valence electrons. The van der Waals surface area contributed by atoms with Gasteiger partial charge in [-0.3, -0.25) is 9.59 Å². The van der Waals surface area contributed by atoms with Gasteiger partial charge in [-0.1, -0.05) is 6.92 Å². The minimum Gasteiger partial charge on any atom is -0.383 e. The SMILES string of the molecule is CCc1cc(C(=O)NCC(=O)NCCOC)sc1C. The lowest BCUT2D eigenvalue weighted by molar-refractivity contribution is -0.120. The van der Waals surface area contributed by atoms with Crippen LogP contribution in [0.2, 0.25) is 0 Å². The summed E-state index contributed by atoms with van der Waals surface area (Å²) >= 11 is 1.46. The van der Waals surface area contributed by atoms with Gasteiger partial charge in [-0.05, 0) is 25.0 Å². The Morgan fingerprint density at radius 3 is 2.68 bits per heavy atom.